The molecule has 1 unspecified atom stereocenters. The SMILES string of the molecule is Cc1cc(N2CCCS2(=O)=O)ccc1C(=O)NCC1CCCN1. The summed E-state index contributed by atoms with van der Waals surface area (Å²) in [7, 11) is -3.19. The summed E-state index contributed by atoms with van der Waals surface area (Å²) in [6, 6.07) is 5.58. The van der Waals surface area contributed by atoms with Crippen LogP contribution >= 0.6 is 0 Å². The first-order valence-corrected chi connectivity index (χ1v) is 9.71. The number of hydrogen-bond acceptors (Lipinski definition) is 4. The molecule has 1 atom stereocenters. The van der Waals surface area contributed by atoms with Gasteiger partial charge >= 0.3 is 0 Å². The number of aryl methyl sites for hydroxylation is 1. The average molecular weight is 337 g/mol. The van der Waals surface area contributed by atoms with E-state index in [4.69, 9.17) is 0 Å². The van der Waals surface area contributed by atoms with Gasteiger partial charge in [0.1, 0.15) is 0 Å². The summed E-state index contributed by atoms with van der Waals surface area (Å²) in [6.07, 6.45) is 2.89. The molecule has 2 N–H and O–H groups in total. The molecule has 126 valence electrons. The first kappa shape index (κ1) is 16.3. The summed E-state index contributed by atoms with van der Waals surface area (Å²) in [5, 5.41) is 6.30. The Morgan fingerprint density at radius 1 is 1.39 bits per heavy atom. The molecule has 2 saturated heterocycles. The monoisotopic (exact) mass is 337 g/mol. The molecular weight excluding hydrogens is 314 g/mol. The number of hydrogen-bond donors (Lipinski definition) is 2. The number of amides is 1. The van der Waals surface area contributed by atoms with Crippen molar-refractivity contribution >= 4 is 21.6 Å². The van der Waals surface area contributed by atoms with Gasteiger partial charge in [0.15, 0.2) is 0 Å². The van der Waals surface area contributed by atoms with E-state index in [0.29, 0.717) is 36.8 Å². The third kappa shape index (κ3) is 3.50. The summed E-state index contributed by atoms with van der Waals surface area (Å²) in [6.45, 7) is 3.99. The highest BCUT2D eigenvalue weighted by Gasteiger charge is 2.28. The van der Waals surface area contributed by atoms with Crippen LogP contribution in [-0.2, 0) is 10.0 Å². The maximum absolute atomic E-state index is 12.3. The molecule has 0 aliphatic carbocycles. The van der Waals surface area contributed by atoms with Crippen LogP contribution in [0.4, 0.5) is 5.69 Å². The standard InChI is InChI=1S/C16H23N3O3S/c1-12-10-14(19-8-3-9-23(19,21)22)5-6-15(12)16(20)18-11-13-4-2-7-17-13/h5-6,10,13,17H,2-4,7-9,11H2,1H3,(H,18,20). The first-order valence-electron chi connectivity index (χ1n) is 8.10. The Labute approximate surface area is 137 Å². The number of anilines is 1. The number of sulfonamides is 1. The van der Waals surface area contributed by atoms with Crippen molar-refractivity contribution in [1.29, 1.82) is 0 Å². The van der Waals surface area contributed by atoms with Crippen molar-refractivity contribution in [3.8, 4) is 0 Å². The predicted octanol–water partition coefficient (Wildman–Crippen LogP) is 1.02. The fourth-order valence-electron chi connectivity index (χ4n) is 3.23. The van der Waals surface area contributed by atoms with Crippen LogP contribution in [0.25, 0.3) is 0 Å². The molecule has 23 heavy (non-hydrogen) atoms. The topological polar surface area (TPSA) is 78.5 Å². The predicted molar refractivity (Wildman–Crippen MR) is 90.3 cm³/mol. The van der Waals surface area contributed by atoms with Crippen molar-refractivity contribution < 1.29 is 13.2 Å². The van der Waals surface area contributed by atoms with Gasteiger partial charge in [-0.3, -0.25) is 9.10 Å². The van der Waals surface area contributed by atoms with Crippen LogP contribution in [0.15, 0.2) is 18.2 Å². The average Bonchev–Trinajstić information content (AvgIpc) is 3.13. The van der Waals surface area contributed by atoms with Crippen molar-refractivity contribution in [3.63, 3.8) is 0 Å². The van der Waals surface area contributed by atoms with Crippen molar-refractivity contribution in [2.45, 2.75) is 32.2 Å². The second-order valence-corrected chi connectivity index (χ2v) is 8.26. The molecule has 0 aromatic heterocycles. The number of benzene rings is 1. The first-order chi connectivity index (χ1) is 11.0. The van der Waals surface area contributed by atoms with E-state index in [1.807, 2.05) is 6.92 Å². The molecule has 2 fully saturated rings. The van der Waals surface area contributed by atoms with Crippen LogP contribution < -0.4 is 14.9 Å². The summed E-state index contributed by atoms with van der Waals surface area (Å²) in [5.41, 5.74) is 2.04. The van der Waals surface area contributed by atoms with Gasteiger partial charge < -0.3 is 10.6 Å². The van der Waals surface area contributed by atoms with E-state index in [1.54, 1.807) is 18.2 Å². The summed E-state index contributed by atoms with van der Waals surface area (Å²) >= 11 is 0. The number of carbonyl (C=O) groups excluding carboxylic acids is 1. The van der Waals surface area contributed by atoms with Gasteiger partial charge in [-0.05, 0) is 56.5 Å². The van der Waals surface area contributed by atoms with E-state index in [-0.39, 0.29) is 11.7 Å². The minimum Gasteiger partial charge on any atom is -0.350 e. The highest BCUT2D eigenvalue weighted by Crippen LogP contribution is 2.26. The molecule has 6 nitrogen and oxygen atoms in total. The Morgan fingerprint density at radius 2 is 2.22 bits per heavy atom. The van der Waals surface area contributed by atoms with Crippen molar-refractivity contribution in [3.05, 3.63) is 29.3 Å². The van der Waals surface area contributed by atoms with E-state index in [1.165, 1.54) is 4.31 Å². The largest absolute Gasteiger partial charge is 0.350 e. The van der Waals surface area contributed by atoms with Gasteiger partial charge in [-0.25, -0.2) is 8.42 Å². The molecule has 0 bridgehead atoms. The normalized spacial score (nSPS) is 23.2. The molecule has 2 aliphatic heterocycles. The van der Waals surface area contributed by atoms with Crippen LogP contribution in [-0.4, -0.2) is 45.8 Å². The quantitative estimate of drug-likeness (QED) is 0.860. The fraction of sp³-hybridized carbons (Fsp3) is 0.562. The molecular formula is C16H23N3O3S. The lowest BCUT2D eigenvalue weighted by molar-refractivity contribution is 0.0949. The smallest absolute Gasteiger partial charge is 0.251 e. The zero-order valence-corrected chi connectivity index (χ0v) is 14.2. The molecule has 1 aromatic carbocycles. The molecule has 0 spiro atoms. The Balaban J connectivity index is 1.70. The van der Waals surface area contributed by atoms with Gasteiger partial charge in [0.2, 0.25) is 10.0 Å². The molecule has 0 radical (unpaired) electrons. The minimum atomic E-state index is -3.19. The second-order valence-electron chi connectivity index (χ2n) is 6.24. The van der Waals surface area contributed by atoms with Crippen LogP contribution in [0.5, 0.6) is 0 Å². The third-order valence-corrected chi connectivity index (χ3v) is 6.38. The zero-order chi connectivity index (χ0) is 16.4. The second kappa shape index (κ2) is 6.49. The van der Waals surface area contributed by atoms with E-state index >= 15 is 0 Å². The Bertz CT molecular complexity index is 697. The molecule has 0 saturated carbocycles. The number of nitrogens with one attached hydrogen (secondary N) is 2. The molecule has 1 amide bonds. The van der Waals surface area contributed by atoms with E-state index in [0.717, 1.165) is 24.9 Å². The van der Waals surface area contributed by atoms with Crippen LogP contribution in [0, 0.1) is 6.92 Å². The van der Waals surface area contributed by atoms with Crippen molar-refractivity contribution in [2.75, 3.05) is 29.7 Å². The maximum Gasteiger partial charge on any atom is 0.251 e. The minimum absolute atomic E-state index is 0.105. The van der Waals surface area contributed by atoms with Gasteiger partial charge in [0, 0.05) is 24.7 Å². The molecule has 2 aliphatic rings. The number of nitrogens with zero attached hydrogens (tertiary/aromatic N) is 1. The maximum atomic E-state index is 12.3. The Kier molecular flexibility index (Phi) is 4.59. The van der Waals surface area contributed by atoms with Gasteiger partial charge in [-0.15, -0.1) is 0 Å². The molecule has 2 heterocycles. The highest BCUT2D eigenvalue weighted by atomic mass is 32.2. The summed E-state index contributed by atoms with van der Waals surface area (Å²) in [5.74, 6) is 0.0925. The van der Waals surface area contributed by atoms with Crippen molar-refractivity contribution in [2.24, 2.45) is 0 Å². The van der Waals surface area contributed by atoms with Crippen LogP contribution in [0.2, 0.25) is 0 Å². The number of carbonyl (C=O) groups is 1. The molecule has 7 heteroatoms. The highest BCUT2D eigenvalue weighted by molar-refractivity contribution is 7.93. The Morgan fingerprint density at radius 3 is 2.83 bits per heavy atom. The lowest BCUT2D eigenvalue weighted by Gasteiger charge is -2.18. The van der Waals surface area contributed by atoms with Gasteiger partial charge in [-0.1, -0.05) is 0 Å². The third-order valence-electron chi connectivity index (χ3n) is 4.51. The summed E-state index contributed by atoms with van der Waals surface area (Å²) < 4.78 is 25.4. The van der Waals surface area contributed by atoms with E-state index < -0.39 is 10.0 Å². The lowest BCUT2D eigenvalue weighted by atomic mass is 10.1. The number of rotatable bonds is 4. The summed E-state index contributed by atoms with van der Waals surface area (Å²) in [4.78, 5) is 12.3. The van der Waals surface area contributed by atoms with Gasteiger partial charge in [-0.2, -0.15) is 0 Å². The lowest BCUT2D eigenvalue weighted by Crippen LogP contribution is -2.37. The van der Waals surface area contributed by atoms with E-state index in [2.05, 4.69) is 10.6 Å². The molecule has 3 rings (SSSR count). The van der Waals surface area contributed by atoms with Crippen LogP contribution in [0.1, 0.15) is 35.2 Å². The Hall–Kier alpha value is -1.60. The zero-order valence-electron chi connectivity index (χ0n) is 13.3. The van der Waals surface area contributed by atoms with Gasteiger partial charge in [0.05, 0.1) is 11.4 Å². The van der Waals surface area contributed by atoms with E-state index in [9.17, 15) is 13.2 Å². The van der Waals surface area contributed by atoms with Gasteiger partial charge in [0.25, 0.3) is 5.91 Å². The van der Waals surface area contributed by atoms with Crippen LogP contribution in [0.3, 0.4) is 0 Å². The molecule has 1 aromatic rings. The fourth-order valence-corrected chi connectivity index (χ4v) is 4.79. The van der Waals surface area contributed by atoms with Crippen molar-refractivity contribution in [1.82, 2.24) is 10.6 Å².